The first-order chi connectivity index (χ1) is 28.8. The van der Waals surface area contributed by atoms with Crippen LogP contribution in [0.5, 0.6) is 0 Å². The van der Waals surface area contributed by atoms with E-state index < -0.39 is 0 Å². The summed E-state index contributed by atoms with van der Waals surface area (Å²) in [6, 6.07) is 61.2. The smallest absolute Gasteiger partial charge is 0.238 e. The summed E-state index contributed by atoms with van der Waals surface area (Å²) >= 11 is 0. The monoisotopic (exact) mass is 741 g/mol. The second kappa shape index (κ2) is 12.8. The second-order valence-electron chi connectivity index (χ2n) is 14.5. The van der Waals surface area contributed by atoms with Crippen molar-refractivity contribution in [2.45, 2.75) is 0 Å². The van der Waals surface area contributed by atoms with Crippen LogP contribution in [-0.2, 0) is 0 Å². The molecule has 0 aliphatic carbocycles. The van der Waals surface area contributed by atoms with Gasteiger partial charge in [0.15, 0.2) is 11.6 Å². The number of fused-ring (bicyclic) bond motifs is 12. The molecule has 0 fully saturated rings. The molecule has 0 N–H and O–H groups in total. The summed E-state index contributed by atoms with van der Waals surface area (Å²) in [4.78, 5) is 24.9. The number of rotatable bonds is 5. The summed E-state index contributed by atoms with van der Waals surface area (Å²) in [7, 11) is 0. The van der Waals surface area contributed by atoms with Crippen molar-refractivity contribution in [1.82, 2.24) is 33.9 Å². The van der Waals surface area contributed by atoms with Crippen LogP contribution in [0, 0.1) is 0 Å². The van der Waals surface area contributed by atoms with E-state index in [1.165, 1.54) is 16.2 Å². The molecule has 6 heterocycles. The lowest BCUT2D eigenvalue weighted by molar-refractivity contribution is 0.954. The van der Waals surface area contributed by atoms with Gasteiger partial charge in [-0.25, -0.2) is 4.98 Å². The van der Waals surface area contributed by atoms with E-state index in [-0.39, 0.29) is 0 Å². The normalized spacial score (nSPS) is 11.8. The van der Waals surface area contributed by atoms with Crippen LogP contribution in [-0.4, -0.2) is 33.9 Å². The zero-order valence-corrected chi connectivity index (χ0v) is 31.0. The van der Waals surface area contributed by atoms with Crippen molar-refractivity contribution in [1.29, 1.82) is 0 Å². The summed E-state index contributed by atoms with van der Waals surface area (Å²) in [5, 5.41) is 7.05. The minimum atomic E-state index is 0.543. The Kier molecular flexibility index (Phi) is 7.09. The summed E-state index contributed by atoms with van der Waals surface area (Å²) in [5.41, 5.74) is 11.1. The zero-order chi connectivity index (χ0) is 38.2. The zero-order valence-electron chi connectivity index (χ0n) is 31.0. The van der Waals surface area contributed by atoms with Gasteiger partial charge in [-0.2, -0.15) is 9.97 Å². The highest BCUT2D eigenvalue weighted by Gasteiger charge is 2.22. The predicted octanol–water partition coefficient (Wildman–Crippen LogP) is 12.1. The van der Waals surface area contributed by atoms with Gasteiger partial charge < -0.3 is 4.40 Å². The molecule has 0 amide bonds. The fraction of sp³-hybridized carbons (Fsp3) is 0. The molecule has 0 saturated heterocycles. The minimum Gasteiger partial charge on any atom is -0.307 e. The van der Waals surface area contributed by atoms with E-state index in [9.17, 15) is 0 Å². The number of para-hydroxylation sites is 2. The largest absolute Gasteiger partial charge is 0.307 e. The van der Waals surface area contributed by atoms with Gasteiger partial charge in [0, 0.05) is 61.6 Å². The van der Waals surface area contributed by atoms with E-state index in [4.69, 9.17) is 15.0 Å². The highest BCUT2D eigenvalue weighted by atomic mass is 15.2. The molecule has 0 aliphatic heterocycles. The van der Waals surface area contributed by atoms with Gasteiger partial charge in [-0.05, 0) is 47.9 Å². The van der Waals surface area contributed by atoms with Crippen LogP contribution in [0.2, 0.25) is 0 Å². The predicted molar refractivity (Wildman–Crippen MR) is 235 cm³/mol. The van der Waals surface area contributed by atoms with Gasteiger partial charge in [-0.3, -0.25) is 14.5 Å². The maximum Gasteiger partial charge on any atom is 0.238 e. The van der Waals surface area contributed by atoms with Crippen LogP contribution in [0.3, 0.4) is 0 Å². The van der Waals surface area contributed by atoms with Crippen LogP contribution in [0.25, 0.3) is 111 Å². The summed E-state index contributed by atoms with van der Waals surface area (Å²) in [6.07, 6.45) is 3.63. The Morgan fingerprint density at radius 2 is 0.845 bits per heavy atom. The van der Waals surface area contributed by atoms with Gasteiger partial charge in [0.2, 0.25) is 5.95 Å². The third kappa shape index (κ3) is 4.97. The Morgan fingerprint density at radius 3 is 1.43 bits per heavy atom. The van der Waals surface area contributed by atoms with Gasteiger partial charge in [-0.1, -0.05) is 133 Å². The first kappa shape index (κ1) is 32.2. The average Bonchev–Trinajstić information content (AvgIpc) is 3.87. The SMILES string of the molecule is c1ccc(-c2ccc(-c3nc(-c4ccc(-c5ccccn5)cc4)nc(-n4c5ccccc5c5ccc6cc7c8ccccc8c8ccccc8n7c6c54)n3)cc2)nc1. The standard InChI is InChI=1S/C51H31N7/c1-2-13-39-37(11-1)38-12-3-5-17-44(38)57-46(39)31-36-27-28-41-40-14-4-6-18-45(40)58(48(41)47(36)57)51-55-49(34-23-19-32(20-24-34)42-15-7-9-29-52-42)54-50(56-51)35-25-21-33(22-26-35)43-16-8-10-30-53-43/h1-31H. The maximum atomic E-state index is 5.33. The Hall–Kier alpha value is -8.03. The average molecular weight is 742 g/mol. The van der Waals surface area contributed by atoms with E-state index >= 15 is 0 Å². The van der Waals surface area contributed by atoms with Gasteiger partial charge in [-0.15, -0.1) is 0 Å². The van der Waals surface area contributed by atoms with Crippen molar-refractivity contribution < 1.29 is 0 Å². The molecule has 0 spiro atoms. The maximum absolute atomic E-state index is 5.33. The lowest BCUT2D eigenvalue weighted by Gasteiger charge is -2.13. The topological polar surface area (TPSA) is 73.8 Å². The highest BCUT2D eigenvalue weighted by Crippen LogP contribution is 2.41. The van der Waals surface area contributed by atoms with E-state index in [1.807, 2.05) is 48.8 Å². The molecule has 0 bridgehead atoms. The van der Waals surface area contributed by atoms with E-state index in [0.717, 1.165) is 77.4 Å². The number of nitrogens with zero attached hydrogens (tertiary/aromatic N) is 7. The van der Waals surface area contributed by atoms with Crippen LogP contribution in [0.4, 0.5) is 0 Å². The van der Waals surface area contributed by atoms with Gasteiger partial charge >= 0.3 is 0 Å². The lowest BCUT2D eigenvalue weighted by Crippen LogP contribution is -2.07. The summed E-state index contributed by atoms with van der Waals surface area (Å²) in [6.45, 7) is 0. The molecule has 0 aliphatic rings. The Morgan fingerprint density at radius 1 is 0.345 bits per heavy atom. The molecule has 6 aromatic heterocycles. The van der Waals surface area contributed by atoms with Gasteiger partial charge in [0.05, 0.1) is 39.0 Å². The number of aromatic nitrogens is 7. The molecule has 58 heavy (non-hydrogen) atoms. The number of pyridine rings is 3. The van der Waals surface area contributed by atoms with Crippen LogP contribution < -0.4 is 0 Å². The molecule has 270 valence electrons. The lowest BCUT2D eigenvalue weighted by atomic mass is 10.1. The second-order valence-corrected chi connectivity index (χ2v) is 14.5. The molecule has 12 rings (SSSR count). The third-order valence-electron chi connectivity index (χ3n) is 11.3. The fourth-order valence-corrected chi connectivity index (χ4v) is 8.60. The first-order valence-electron chi connectivity index (χ1n) is 19.3. The Bertz CT molecular complexity index is 3430. The van der Waals surface area contributed by atoms with Gasteiger partial charge in [0.1, 0.15) is 0 Å². The third-order valence-corrected chi connectivity index (χ3v) is 11.3. The minimum absolute atomic E-state index is 0.543. The molecule has 7 heteroatoms. The molecule has 12 aromatic rings. The molecule has 0 saturated carbocycles. The van der Waals surface area contributed by atoms with Crippen molar-refractivity contribution in [2.75, 3.05) is 0 Å². The van der Waals surface area contributed by atoms with E-state index in [1.54, 1.807) is 0 Å². The molecular weight excluding hydrogens is 711 g/mol. The molecule has 7 nitrogen and oxygen atoms in total. The van der Waals surface area contributed by atoms with Crippen LogP contribution in [0.1, 0.15) is 0 Å². The molecule has 0 unspecified atom stereocenters. The van der Waals surface area contributed by atoms with Crippen LogP contribution in [0.15, 0.2) is 188 Å². The Labute approximate surface area is 332 Å². The van der Waals surface area contributed by atoms with E-state index in [0.29, 0.717) is 17.6 Å². The van der Waals surface area contributed by atoms with Crippen molar-refractivity contribution in [3.8, 4) is 51.2 Å². The Balaban J connectivity index is 1.16. The van der Waals surface area contributed by atoms with Crippen molar-refractivity contribution in [2.24, 2.45) is 0 Å². The number of benzene rings is 6. The number of hydrogen-bond acceptors (Lipinski definition) is 5. The fourth-order valence-electron chi connectivity index (χ4n) is 8.60. The molecular formula is C51H31N7. The van der Waals surface area contributed by atoms with Crippen molar-refractivity contribution in [3.63, 3.8) is 0 Å². The first-order valence-corrected chi connectivity index (χ1v) is 19.3. The summed E-state index contributed by atoms with van der Waals surface area (Å²) in [5.74, 6) is 1.70. The molecule has 6 aromatic carbocycles. The molecule has 0 atom stereocenters. The molecule has 0 radical (unpaired) electrons. The quantitative estimate of drug-likeness (QED) is 0.164. The summed E-state index contributed by atoms with van der Waals surface area (Å²) < 4.78 is 4.67. The number of hydrogen-bond donors (Lipinski definition) is 0. The van der Waals surface area contributed by atoms with Crippen molar-refractivity contribution >= 4 is 59.9 Å². The van der Waals surface area contributed by atoms with Crippen molar-refractivity contribution in [3.05, 3.63) is 188 Å². The highest BCUT2D eigenvalue weighted by molar-refractivity contribution is 6.22. The van der Waals surface area contributed by atoms with Gasteiger partial charge in [0.25, 0.3) is 0 Å². The van der Waals surface area contributed by atoms with E-state index in [2.05, 4.69) is 158 Å². The van der Waals surface area contributed by atoms with Crippen LogP contribution >= 0.6 is 0 Å².